The summed E-state index contributed by atoms with van der Waals surface area (Å²) >= 11 is 0. The smallest absolute Gasteiger partial charge is 0.326 e. The van der Waals surface area contributed by atoms with Crippen molar-refractivity contribution in [2.75, 3.05) is 13.1 Å². The number of carbonyl (C=O) groups excluding carboxylic acids is 2. The van der Waals surface area contributed by atoms with Crippen molar-refractivity contribution < 1.29 is 19.5 Å². The first-order chi connectivity index (χ1) is 9.45. The third-order valence-corrected chi connectivity index (χ3v) is 3.42. The lowest BCUT2D eigenvalue weighted by molar-refractivity contribution is -0.140. The summed E-state index contributed by atoms with van der Waals surface area (Å²) in [5, 5.41) is 16.7. The lowest BCUT2D eigenvalue weighted by Gasteiger charge is -2.20. The van der Waals surface area contributed by atoms with Gasteiger partial charge in [-0.15, -0.1) is 0 Å². The van der Waals surface area contributed by atoms with Crippen molar-refractivity contribution in [2.45, 2.75) is 39.2 Å². The van der Waals surface area contributed by atoms with Crippen molar-refractivity contribution in [2.24, 2.45) is 11.8 Å². The fourth-order valence-electron chi connectivity index (χ4n) is 1.73. The highest BCUT2D eigenvalue weighted by Gasteiger charge is 2.29. The SMILES string of the molecule is CC[C@H](C)[C@H](NC(=O)NCCNC(=O)C1CC1)C(=O)O. The van der Waals surface area contributed by atoms with E-state index in [-0.39, 0.29) is 24.3 Å². The highest BCUT2D eigenvalue weighted by Crippen LogP contribution is 2.28. The van der Waals surface area contributed by atoms with Crippen LogP contribution in [0.1, 0.15) is 33.1 Å². The minimum atomic E-state index is -1.04. The average molecular weight is 285 g/mol. The number of hydrogen-bond donors (Lipinski definition) is 4. The molecule has 4 N–H and O–H groups in total. The Hall–Kier alpha value is -1.79. The van der Waals surface area contributed by atoms with Crippen LogP contribution in [0.5, 0.6) is 0 Å². The standard InChI is InChI=1S/C13H23N3O4/c1-3-8(2)10(12(18)19)16-13(20)15-7-6-14-11(17)9-4-5-9/h8-10H,3-7H2,1-2H3,(H,14,17)(H,18,19)(H2,15,16,20)/t8-,10-/m0/s1. The molecule has 7 heteroatoms. The molecule has 0 unspecified atom stereocenters. The van der Waals surface area contributed by atoms with Crippen LogP contribution in [-0.4, -0.2) is 42.1 Å². The van der Waals surface area contributed by atoms with E-state index in [2.05, 4.69) is 16.0 Å². The number of carboxylic acids is 1. The molecule has 0 bridgehead atoms. The Balaban J connectivity index is 2.20. The predicted molar refractivity (Wildman–Crippen MR) is 73.1 cm³/mol. The van der Waals surface area contributed by atoms with Gasteiger partial charge in [-0.1, -0.05) is 20.3 Å². The van der Waals surface area contributed by atoms with Gasteiger partial charge in [0.15, 0.2) is 0 Å². The van der Waals surface area contributed by atoms with Crippen molar-refractivity contribution in [1.82, 2.24) is 16.0 Å². The summed E-state index contributed by atoms with van der Waals surface area (Å²) < 4.78 is 0. The van der Waals surface area contributed by atoms with Crippen molar-refractivity contribution in [1.29, 1.82) is 0 Å². The van der Waals surface area contributed by atoms with Gasteiger partial charge in [0.1, 0.15) is 6.04 Å². The Morgan fingerprint density at radius 3 is 2.30 bits per heavy atom. The largest absolute Gasteiger partial charge is 0.480 e. The summed E-state index contributed by atoms with van der Waals surface area (Å²) in [6.45, 7) is 4.27. The van der Waals surface area contributed by atoms with Crippen molar-refractivity contribution in [3.8, 4) is 0 Å². The van der Waals surface area contributed by atoms with Gasteiger partial charge in [-0.05, 0) is 18.8 Å². The fourth-order valence-corrected chi connectivity index (χ4v) is 1.73. The van der Waals surface area contributed by atoms with Crippen molar-refractivity contribution in [3.63, 3.8) is 0 Å². The second kappa shape index (κ2) is 7.72. The van der Waals surface area contributed by atoms with Crippen molar-refractivity contribution >= 4 is 17.9 Å². The monoisotopic (exact) mass is 285 g/mol. The topological polar surface area (TPSA) is 108 Å². The molecule has 0 spiro atoms. The van der Waals surface area contributed by atoms with Crippen LogP contribution in [0.25, 0.3) is 0 Å². The summed E-state index contributed by atoms with van der Waals surface area (Å²) in [6.07, 6.45) is 2.54. The Labute approximate surface area is 118 Å². The minimum Gasteiger partial charge on any atom is -0.480 e. The predicted octanol–water partition coefficient (Wildman–Crippen LogP) is 0.311. The van der Waals surface area contributed by atoms with Gasteiger partial charge in [0.2, 0.25) is 5.91 Å². The molecule has 0 radical (unpaired) electrons. The molecule has 0 aliphatic heterocycles. The quantitative estimate of drug-likeness (QED) is 0.481. The van der Waals surface area contributed by atoms with E-state index in [1.807, 2.05) is 6.92 Å². The lowest BCUT2D eigenvalue weighted by Crippen LogP contribution is -2.50. The Morgan fingerprint density at radius 1 is 1.20 bits per heavy atom. The van der Waals surface area contributed by atoms with E-state index in [4.69, 9.17) is 5.11 Å². The Morgan fingerprint density at radius 2 is 1.80 bits per heavy atom. The molecule has 2 atom stereocenters. The van der Waals surface area contributed by atoms with Crippen LogP contribution < -0.4 is 16.0 Å². The maximum Gasteiger partial charge on any atom is 0.326 e. The third-order valence-electron chi connectivity index (χ3n) is 3.42. The van der Waals surface area contributed by atoms with Gasteiger partial charge in [-0.25, -0.2) is 9.59 Å². The number of rotatable bonds is 8. The van der Waals surface area contributed by atoms with E-state index in [0.717, 1.165) is 12.8 Å². The highest BCUT2D eigenvalue weighted by molar-refractivity contribution is 5.83. The summed E-state index contributed by atoms with van der Waals surface area (Å²) in [6, 6.07) is -1.43. The average Bonchev–Trinajstić information content (AvgIpc) is 3.23. The van der Waals surface area contributed by atoms with Crippen LogP contribution in [0.3, 0.4) is 0 Å². The summed E-state index contributed by atoms with van der Waals surface area (Å²) in [4.78, 5) is 33.9. The molecule has 20 heavy (non-hydrogen) atoms. The van der Waals surface area contributed by atoms with Gasteiger partial charge in [0, 0.05) is 19.0 Å². The van der Waals surface area contributed by atoms with E-state index in [9.17, 15) is 14.4 Å². The second-order valence-corrected chi connectivity index (χ2v) is 5.17. The number of nitrogens with one attached hydrogen (secondary N) is 3. The van der Waals surface area contributed by atoms with Crippen molar-refractivity contribution in [3.05, 3.63) is 0 Å². The zero-order valence-electron chi connectivity index (χ0n) is 11.9. The molecule has 1 aliphatic rings. The van der Waals surface area contributed by atoms with E-state index in [1.54, 1.807) is 6.92 Å². The molecule has 1 aliphatic carbocycles. The number of amides is 3. The maximum absolute atomic E-state index is 11.6. The Kier molecular flexibility index (Phi) is 6.27. The number of carbonyl (C=O) groups is 3. The molecule has 0 saturated heterocycles. The molecule has 0 aromatic rings. The fraction of sp³-hybridized carbons (Fsp3) is 0.769. The molecule has 3 amide bonds. The molecule has 1 rings (SSSR count). The lowest BCUT2D eigenvalue weighted by atomic mass is 9.99. The summed E-state index contributed by atoms with van der Waals surface area (Å²) in [7, 11) is 0. The number of carboxylic acid groups (broad SMARTS) is 1. The number of urea groups is 1. The zero-order chi connectivity index (χ0) is 15.1. The van der Waals surface area contributed by atoms with Gasteiger partial charge in [-0.3, -0.25) is 4.79 Å². The molecule has 114 valence electrons. The Bertz CT molecular complexity index is 369. The molecule has 1 saturated carbocycles. The second-order valence-electron chi connectivity index (χ2n) is 5.17. The zero-order valence-corrected chi connectivity index (χ0v) is 11.9. The first-order valence-electron chi connectivity index (χ1n) is 7.00. The van der Waals surface area contributed by atoms with Crippen LogP contribution in [0.2, 0.25) is 0 Å². The maximum atomic E-state index is 11.6. The van der Waals surface area contributed by atoms with E-state index >= 15 is 0 Å². The first-order valence-corrected chi connectivity index (χ1v) is 7.00. The van der Waals surface area contributed by atoms with E-state index < -0.39 is 18.0 Å². The van der Waals surface area contributed by atoms with E-state index in [1.165, 1.54) is 0 Å². The van der Waals surface area contributed by atoms with Crippen LogP contribution in [0.4, 0.5) is 4.79 Å². The molecule has 0 aromatic carbocycles. The first kappa shape index (κ1) is 16.3. The number of hydrogen-bond acceptors (Lipinski definition) is 3. The summed E-state index contributed by atoms with van der Waals surface area (Å²) in [5.74, 6) is -1.02. The third kappa shape index (κ3) is 5.46. The van der Waals surface area contributed by atoms with Gasteiger partial charge >= 0.3 is 12.0 Å². The number of aliphatic carboxylic acids is 1. The van der Waals surface area contributed by atoms with Gasteiger partial charge < -0.3 is 21.1 Å². The molecular weight excluding hydrogens is 262 g/mol. The van der Waals surface area contributed by atoms with Crippen LogP contribution in [-0.2, 0) is 9.59 Å². The molecule has 7 nitrogen and oxygen atoms in total. The molecule has 1 fully saturated rings. The molecule has 0 heterocycles. The van der Waals surface area contributed by atoms with Gasteiger partial charge in [0.05, 0.1) is 0 Å². The van der Waals surface area contributed by atoms with Gasteiger partial charge in [-0.2, -0.15) is 0 Å². The summed E-state index contributed by atoms with van der Waals surface area (Å²) in [5.41, 5.74) is 0. The highest BCUT2D eigenvalue weighted by atomic mass is 16.4. The normalized spacial score (nSPS) is 16.9. The molecular formula is C13H23N3O4. The van der Waals surface area contributed by atoms with Crippen LogP contribution in [0.15, 0.2) is 0 Å². The minimum absolute atomic E-state index is 0.0234. The molecule has 0 aromatic heterocycles. The van der Waals surface area contributed by atoms with E-state index in [0.29, 0.717) is 13.0 Å². The van der Waals surface area contributed by atoms with Gasteiger partial charge in [0.25, 0.3) is 0 Å². The van der Waals surface area contributed by atoms with Crippen LogP contribution in [0, 0.1) is 11.8 Å². The van der Waals surface area contributed by atoms with Crippen LogP contribution >= 0.6 is 0 Å².